The molecule has 1 aliphatic heterocycles. The van der Waals surface area contributed by atoms with Gasteiger partial charge in [0.1, 0.15) is 11.5 Å². The number of nitrogens with zero attached hydrogens (tertiary/aromatic N) is 4. The zero-order valence-corrected chi connectivity index (χ0v) is 15.5. The maximum absolute atomic E-state index is 13.3. The van der Waals surface area contributed by atoms with Crippen LogP contribution in [0, 0.1) is 15.9 Å². The fourth-order valence-corrected chi connectivity index (χ4v) is 3.42. The molecule has 146 valence electrons. The van der Waals surface area contributed by atoms with Crippen LogP contribution in [0.4, 0.5) is 15.9 Å². The first-order valence-electron chi connectivity index (χ1n) is 9.02. The number of aryl methyl sites for hydroxylation is 2. The van der Waals surface area contributed by atoms with Crippen molar-refractivity contribution in [1.29, 1.82) is 0 Å². The van der Waals surface area contributed by atoms with Crippen molar-refractivity contribution in [3.63, 3.8) is 0 Å². The number of rotatable bonds is 7. The number of ether oxygens (including phenoxy) is 1. The second-order valence-electron chi connectivity index (χ2n) is 6.47. The first-order chi connectivity index (χ1) is 13.0. The van der Waals surface area contributed by atoms with Crippen molar-refractivity contribution >= 4 is 11.5 Å². The Bertz CT molecular complexity index is 787. The van der Waals surface area contributed by atoms with Crippen LogP contribution in [-0.4, -0.2) is 52.5 Å². The lowest BCUT2D eigenvalue weighted by atomic mass is 10.0. The first-order valence-corrected chi connectivity index (χ1v) is 9.02. The summed E-state index contributed by atoms with van der Waals surface area (Å²) < 4.78 is 20.3. The number of morpholine rings is 1. The fourth-order valence-electron chi connectivity index (χ4n) is 3.42. The highest BCUT2D eigenvalue weighted by Gasteiger charge is 2.28. The molecule has 1 aliphatic rings. The molecule has 0 aliphatic carbocycles. The number of nitrogens with one attached hydrogen (secondary N) is 1. The van der Waals surface area contributed by atoms with Gasteiger partial charge in [-0.2, -0.15) is 5.10 Å². The molecule has 8 nitrogen and oxygen atoms in total. The molecule has 2 heterocycles. The lowest BCUT2D eigenvalue weighted by Crippen LogP contribution is -2.41. The molecule has 1 saturated heterocycles. The number of aromatic nitrogens is 2. The molecule has 0 amide bonds. The van der Waals surface area contributed by atoms with Crippen molar-refractivity contribution in [2.45, 2.75) is 19.4 Å². The number of hydrogen-bond acceptors (Lipinski definition) is 6. The number of halogens is 1. The van der Waals surface area contributed by atoms with Crippen molar-refractivity contribution < 1.29 is 14.1 Å². The van der Waals surface area contributed by atoms with Crippen molar-refractivity contribution in [3.05, 3.63) is 51.5 Å². The maximum Gasteiger partial charge on any atom is 0.333 e. The second-order valence-corrected chi connectivity index (χ2v) is 6.47. The van der Waals surface area contributed by atoms with E-state index in [1.54, 1.807) is 19.2 Å². The van der Waals surface area contributed by atoms with Gasteiger partial charge in [0.2, 0.25) is 5.82 Å². The van der Waals surface area contributed by atoms with Gasteiger partial charge in [0.25, 0.3) is 0 Å². The van der Waals surface area contributed by atoms with E-state index in [0.29, 0.717) is 37.7 Å². The van der Waals surface area contributed by atoms with Gasteiger partial charge < -0.3 is 10.1 Å². The molecule has 0 spiro atoms. The minimum atomic E-state index is -0.393. The summed E-state index contributed by atoms with van der Waals surface area (Å²) in [7, 11) is 1.69. The lowest BCUT2D eigenvalue weighted by molar-refractivity contribution is -0.384. The Balaban J connectivity index is 1.86. The zero-order chi connectivity index (χ0) is 19.4. The summed E-state index contributed by atoms with van der Waals surface area (Å²) >= 11 is 0. The maximum atomic E-state index is 13.3. The average Bonchev–Trinajstić information content (AvgIpc) is 3.00. The lowest BCUT2D eigenvalue weighted by Gasteiger charge is -2.35. The predicted molar refractivity (Wildman–Crippen MR) is 99.3 cm³/mol. The van der Waals surface area contributed by atoms with Crippen LogP contribution in [0.1, 0.15) is 24.2 Å². The molecule has 1 aromatic heterocycles. The molecule has 2 aromatic rings. The molecular formula is C18H24FN5O3. The highest BCUT2D eigenvalue weighted by Crippen LogP contribution is 2.30. The molecule has 1 fully saturated rings. The third kappa shape index (κ3) is 4.25. The van der Waals surface area contributed by atoms with Crippen LogP contribution in [0.2, 0.25) is 0 Å². The summed E-state index contributed by atoms with van der Waals surface area (Å²) in [5.74, 6) is 0.0968. The fraction of sp³-hybridized carbons (Fsp3) is 0.500. The largest absolute Gasteiger partial charge is 0.379 e. The van der Waals surface area contributed by atoms with Crippen LogP contribution in [0.3, 0.4) is 0 Å². The van der Waals surface area contributed by atoms with Crippen molar-refractivity contribution in [3.8, 4) is 0 Å². The van der Waals surface area contributed by atoms with Crippen LogP contribution in [0.5, 0.6) is 0 Å². The third-order valence-corrected chi connectivity index (χ3v) is 4.81. The van der Waals surface area contributed by atoms with Crippen molar-refractivity contribution in [2.75, 3.05) is 38.2 Å². The van der Waals surface area contributed by atoms with E-state index in [-0.39, 0.29) is 17.5 Å². The molecule has 1 atom stereocenters. The summed E-state index contributed by atoms with van der Waals surface area (Å²) in [5, 5.41) is 19.0. The Morgan fingerprint density at radius 1 is 1.33 bits per heavy atom. The smallest absolute Gasteiger partial charge is 0.333 e. The van der Waals surface area contributed by atoms with Crippen LogP contribution in [-0.2, 0) is 18.2 Å². The van der Waals surface area contributed by atoms with Crippen LogP contribution >= 0.6 is 0 Å². The van der Waals surface area contributed by atoms with Gasteiger partial charge >= 0.3 is 5.69 Å². The number of hydrogen-bond donors (Lipinski definition) is 1. The van der Waals surface area contributed by atoms with Gasteiger partial charge in [-0.25, -0.2) is 9.07 Å². The molecule has 0 radical (unpaired) electrons. The number of nitro groups is 1. The van der Waals surface area contributed by atoms with E-state index in [0.717, 1.165) is 18.7 Å². The first kappa shape index (κ1) is 19.2. The van der Waals surface area contributed by atoms with Crippen molar-refractivity contribution in [1.82, 2.24) is 14.7 Å². The third-order valence-electron chi connectivity index (χ3n) is 4.81. The standard InChI is InChI=1S/C18H24FN5O3/c1-3-15-17(24(25)26)18(22(2)21-15)20-12-16(23-8-10-27-11-9-23)13-4-6-14(19)7-5-13/h4-7,16,20H,3,8-12H2,1-2H3. The van der Waals surface area contributed by atoms with E-state index in [1.165, 1.54) is 16.8 Å². The van der Waals surface area contributed by atoms with E-state index < -0.39 is 4.92 Å². The molecule has 0 bridgehead atoms. The number of anilines is 1. The van der Waals surface area contributed by atoms with Crippen LogP contribution in [0.25, 0.3) is 0 Å². The summed E-state index contributed by atoms with van der Waals surface area (Å²) in [4.78, 5) is 13.4. The monoisotopic (exact) mass is 377 g/mol. The molecule has 1 N–H and O–H groups in total. The van der Waals surface area contributed by atoms with Gasteiger partial charge in [0.05, 0.1) is 24.2 Å². The van der Waals surface area contributed by atoms with E-state index in [1.807, 2.05) is 6.92 Å². The molecule has 1 unspecified atom stereocenters. The Morgan fingerprint density at radius 3 is 2.59 bits per heavy atom. The normalized spacial score (nSPS) is 16.3. The Morgan fingerprint density at radius 2 is 2.00 bits per heavy atom. The number of benzene rings is 1. The average molecular weight is 377 g/mol. The van der Waals surface area contributed by atoms with Gasteiger partial charge in [-0.3, -0.25) is 15.0 Å². The minimum absolute atomic E-state index is 0.0137. The Kier molecular flexibility index (Phi) is 6.02. The molecular weight excluding hydrogens is 353 g/mol. The molecule has 3 rings (SSSR count). The van der Waals surface area contributed by atoms with E-state index in [9.17, 15) is 14.5 Å². The molecule has 0 saturated carbocycles. The van der Waals surface area contributed by atoms with Gasteiger partial charge in [0, 0.05) is 26.7 Å². The van der Waals surface area contributed by atoms with Gasteiger partial charge in [-0.1, -0.05) is 19.1 Å². The van der Waals surface area contributed by atoms with Crippen LogP contribution < -0.4 is 5.32 Å². The van der Waals surface area contributed by atoms with Crippen molar-refractivity contribution in [2.24, 2.45) is 7.05 Å². The van der Waals surface area contributed by atoms with Gasteiger partial charge in [-0.05, 0) is 24.1 Å². The zero-order valence-electron chi connectivity index (χ0n) is 15.5. The summed E-state index contributed by atoms with van der Waals surface area (Å²) in [6.45, 7) is 5.03. The summed E-state index contributed by atoms with van der Waals surface area (Å²) in [5.41, 5.74) is 1.42. The quantitative estimate of drug-likeness (QED) is 0.589. The van der Waals surface area contributed by atoms with E-state index in [4.69, 9.17) is 4.74 Å². The van der Waals surface area contributed by atoms with Gasteiger partial charge in [-0.15, -0.1) is 0 Å². The predicted octanol–water partition coefficient (Wildman–Crippen LogP) is 2.52. The second kappa shape index (κ2) is 8.45. The van der Waals surface area contributed by atoms with E-state index >= 15 is 0 Å². The Labute approximate surface area is 157 Å². The molecule has 27 heavy (non-hydrogen) atoms. The summed E-state index contributed by atoms with van der Waals surface area (Å²) in [6, 6.07) is 6.32. The van der Waals surface area contributed by atoms with Crippen LogP contribution in [0.15, 0.2) is 24.3 Å². The topological polar surface area (TPSA) is 85.5 Å². The minimum Gasteiger partial charge on any atom is -0.379 e. The SMILES string of the molecule is CCc1nn(C)c(NCC(c2ccc(F)cc2)N2CCOCC2)c1[N+](=O)[O-]. The molecule has 9 heteroatoms. The highest BCUT2D eigenvalue weighted by molar-refractivity contribution is 5.60. The highest BCUT2D eigenvalue weighted by atomic mass is 19.1. The van der Waals surface area contributed by atoms with E-state index in [2.05, 4.69) is 15.3 Å². The van der Waals surface area contributed by atoms with Gasteiger partial charge in [0.15, 0.2) is 0 Å². The Hall–Kier alpha value is -2.52. The molecule has 1 aromatic carbocycles. The summed E-state index contributed by atoms with van der Waals surface area (Å²) in [6.07, 6.45) is 0.483.